The summed E-state index contributed by atoms with van der Waals surface area (Å²) in [5, 5.41) is 3.09. The van der Waals surface area contributed by atoms with E-state index in [0.29, 0.717) is 12.1 Å². The van der Waals surface area contributed by atoms with E-state index >= 15 is 0 Å². The molecule has 0 aliphatic heterocycles. The number of halogens is 1. The van der Waals surface area contributed by atoms with Crippen LogP contribution in [-0.4, -0.2) is 35.9 Å². The molecule has 2 amide bonds. The van der Waals surface area contributed by atoms with Gasteiger partial charge < -0.3 is 15.0 Å². The number of amides is 2. The number of methoxy groups -OCH3 is 1. The van der Waals surface area contributed by atoms with Crippen molar-refractivity contribution in [1.82, 2.24) is 10.2 Å². The Balaban J connectivity index is 1.75. The van der Waals surface area contributed by atoms with Gasteiger partial charge in [-0.1, -0.05) is 37.1 Å². The summed E-state index contributed by atoms with van der Waals surface area (Å²) < 4.78 is 18.4. The molecule has 0 spiro atoms. The maximum atomic E-state index is 13.2. The average Bonchev–Trinajstić information content (AvgIpc) is 3.26. The molecule has 1 atom stereocenters. The van der Waals surface area contributed by atoms with Crippen molar-refractivity contribution < 1.29 is 18.7 Å². The first kappa shape index (κ1) is 21.8. The van der Waals surface area contributed by atoms with Crippen LogP contribution in [0.15, 0.2) is 48.5 Å². The number of benzene rings is 2. The van der Waals surface area contributed by atoms with Crippen LogP contribution in [0.4, 0.5) is 4.39 Å². The van der Waals surface area contributed by atoms with Crippen LogP contribution in [0.1, 0.15) is 43.7 Å². The first-order valence-corrected chi connectivity index (χ1v) is 10.4. The predicted octanol–water partition coefficient (Wildman–Crippen LogP) is 3.85. The van der Waals surface area contributed by atoms with Gasteiger partial charge >= 0.3 is 0 Å². The summed E-state index contributed by atoms with van der Waals surface area (Å²) in [6.07, 6.45) is 4.33. The summed E-state index contributed by atoms with van der Waals surface area (Å²) >= 11 is 0. The lowest BCUT2D eigenvalue weighted by atomic mass is 10.1. The highest BCUT2D eigenvalue weighted by atomic mass is 19.1. The van der Waals surface area contributed by atoms with Crippen molar-refractivity contribution in [3.8, 4) is 5.75 Å². The average molecular weight is 413 g/mol. The van der Waals surface area contributed by atoms with Gasteiger partial charge in [0, 0.05) is 12.6 Å². The van der Waals surface area contributed by atoms with Gasteiger partial charge in [-0.05, 0) is 55.2 Å². The van der Waals surface area contributed by atoms with Gasteiger partial charge in [0.05, 0.1) is 13.5 Å². The zero-order valence-electron chi connectivity index (χ0n) is 17.6. The normalized spacial score (nSPS) is 14.9. The van der Waals surface area contributed by atoms with Crippen LogP contribution in [-0.2, 0) is 22.6 Å². The largest absolute Gasteiger partial charge is 0.497 e. The molecule has 2 aromatic rings. The SMILES string of the molecule is COc1ccc(CN(C(=O)Cc2ccc(F)cc2)[C@@H](C)C(=O)NC2CCCC2)cc1. The van der Waals surface area contributed by atoms with E-state index in [4.69, 9.17) is 4.74 Å². The standard InChI is InChI=1S/C24H29FN2O3/c1-17(24(29)26-21-5-3-4-6-21)27(16-19-9-13-22(30-2)14-10-19)23(28)15-18-7-11-20(25)12-8-18/h7-14,17,21H,3-6,15-16H2,1-2H3,(H,26,29)/t17-/m0/s1. The Hall–Kier alpha value is -2.89. The van der Waals surface area contributed by atoms with Crippen LogP contribution in [0.3, 0.4) is 0 Å². The molecule has 0 aromatic heterocycles. The van der Waals surface area contributed by atoms with Crippen molar-refractivity contribution in [3.05, 3.63) is 65.5 Å². The van der Waals surface area contributed by atoms with E-state index in [9.17, 15) is 14.0 Å². The smallest absolute Gasteiger partial charge is 0.242 e. The maximum absolute atomic E-state index is 13.2. The number of carbonyl (C=O) groups excluding carboxylic acids is 2. The monoisotopic (exact) mass is 412 g/mol. The molecule has 1 saturated carbocycles. The summed E-state index contributed by atoms with van der Waals surface area (Å²) in [4.78, 5) is 27.6. The van der Waals surface area contributed by atoms with Crippen LogP contribution in [0.25, 0.3) is 0 Å². The predicted molar refractivity (Wildman–Crippen MR) is 114 cm³/mol. The molecule has 0 saturated heterocycles. The summed E-state index contributed by atoms with van der Waals surface area (Å²) in [6, 6.07) is 12.9. The number of nitrogens with one attached hydrogen (secondary N) is 1. The van der Waals surface area contributed by atoms with Crippen molar-refractivity contribution in [3.63, 3.8) is 0 Å². The molecule has 6 heteroatoms. The molecule has 0 unspecified atom stereocenters. The Bertz CT molecular complexity index is 846. The Morgan fingerprint density at radius 3 is 2.27 bits per heavy atom. The van der Waals surface area contributed by atoms with E-state index < -0.39 is 6.04 Å². The van der Waals surface area contributed by atoms with Gasteiger partial charge in [-0.15, -0.1) is 0 Å². The second-order valence-electron chi connectivity index (χ2n) is 7.84. The molecule has 0 radical (unpaired) electrons. The fraction of sp³-hybridized carbons (Fsp3) is 0.417. The number of rotatable bonds is 8. The number of hydrogen-bond acceptors (Lipinski definition) is 3. The number of hydrogen-bond donors (Lipinski definition) is 1. The van der Waals surface area contributed by atoms with Gasteiger partial charge in [0.1, 0.15) is 17.6 Å². The molecule has 3 rings (SSSR count). The topological polar surface area (TPSA) is 58.6 Å². The van der Waals surface area contributed by atoms with Crippen molar-refractivity contribution in [1.29, 1.82) is 0 Å². The van der Waals surface area contributed by atoms with Gasteiger partial charge in [0.15, 0.2) is 0 Å². The summed E-state index contributed by atoms with van der Waals surface area (Å²) in [5.41, 5.74) is 1.62. The Kier molecular flexibility index (Phi) is 7.44. The van der Waals surface area contributed by atoms with Gasteiger partial charge in [-0.3, -0.25) is 9.59 Å². The van der Waals surface area contributed by atoms with Crippen LogP contribution >= 0.6 is 0 Å². The Morgan fingerprint density at radius 1 is 1.07 bits per heavy atom. The number of carbonyl (C=O) groups is 2. The molecule has 1 N–H and O–H groups in total. The highest BCUT2D eigenvalue weighted by Crippen LogP contribution is 2.19. The van der Waals surface area contributed by atoms with Crippen LogP contribution < -0.4 is 10.1 Å². The van der Waals surface area contributed by atoms with Gasteiger partial charge in [-0.25, -0.2) is 4.39 Å². The minimum atomic E-state index is -0.611. The number of nitrogens with zero attached hydrogens (tertiary/aromatic N) is 1. The van der Waals surface area contributed by atoms with Gasteiger partial charge in [0.25, 0.3) is 0 Å². The Morgan fingerprint density at radius 2 is 1.67 bits per heavy atom. The quantitative estimate of drug-likeness (QED) is 0.716. The highest BCUT2D eigenvalue weighted by Gasteiger charge is 2.28. The molecule has 1 aliphatic rings. The third-order valence-electron chi connectivity index (χ3n) is 5.65. The van der Waals surface area contributed by atoms with Crippen LogP contribution in [0.2, 0.25) is 0 Å². The molecular formula is C24H29FN2O3. The lowest BCUT2D eigenvalue weighted by Gasteiger charge is -2.30. The van der Waals surface area contributed by atoms with Crippen LogP contribution in [0, 0.1) is 5.82 Å². The van der Waals surface area contributed by atoms with E-state index in [1.807, 2.05) is 24.3 Å². The minimum absolute atomic E-state index is 0.109. The van der Waals surface area contributed by atoms with Crippen molar-refractivity contribution >= 4 is 11.8 Å². The Labute approximate surface area is 177 Å². The first-order chi connectivity index (χ1) is 14.5. The van der Waals surface area contributed by atoms with E-state index in [1.165, 1.54) is 12.1 Å². The first-order valence-electron chi connectivity index (χ1n) is 10.4. The summed E-state index contributed by atoms with van der Waals surface area (Å²) in [7, 11) is 1.60. The molecule has 1 fully saturated rings. The minimum Gasteiger partial charge on any atom is -0.497 e. The number of ether oxygens (including phenoxy) is 1. The zero-order valence-corrected chi connectivity index (χ0v) is 17.6. The summed E-state index contributed by atoms with van der Waals surface area (Å²) in [6.45, 7) is 2.07. The highest BCUT2D eigenvalue weighted by molar-refractivity contribution is 5.88. The molecule has 30 heavy (non-hydrogen) atoms. The van der Waals surface area contributed by atoms with Crippen molar-refractivity contribution in [2.24, 2.45) is 0 Å². The molecule has 160 valence electrons. The molecule has 2 aromatic carbocycles. The van der Waals surface area contributed by atoms with Gasteiger partial charge in [-0.2, -0.15) is 0 Å². The summed E-state index contributed by atoms with van der Waals surface area (Å²) in [5.74, 6) is 0.0786. The fourth-order valence-corrected chi connectivity index (χ4v) is 3.78. The maximum Gasteiger partial charge on any atom is 0.242 e. The van der Waals surface area contributed by atoms with Crippen molar-refractivity contribution in [2.75, 3.05) is 7.11 Å². The lowest BCUT2D eigenvalue weighted by molar-refractivity contribution is -0.140. The van der Waals surface area contributed by atoms with E-state index in [-0.39, 0.29) is 30.1 Å². The van der Waals surface area contributed by atoms with Crippen molar-refractivity contribution in [2.45, 2.75) is 57.7 Å². The van der Waals surface area contributed by atoms with E-state index in [0.717, 1.165) is 37.0 Å². The van der Waals surface area contributed by atoms with Crippen LogP contribution in [0.5, 0.6) is 5.75 Å². The molecule has 0 bridgehead atoms. The van der Waals surface area contributed by atoms with E-state index in [1.54, 1.807) is 31.1 Å². The third-order valence-corrected chi connectivity index (χ3v) is 5.65. The lowest BCUT2D eigenvalue weighted by Crippen LogP contribution is -2.50. The third kappa shape index (κ3) is 5.81. The molecule has 1 aliphatic carbocycles. The van der Waals surface area contributed by atoms with E-state index in [2.05, 4.69) is 5.32 Å². The van der Waals surface area contributed by atoms with Gasteiger partial charge in [0.2, 0.25) is 11.8 Å². The zero-order chi connectivity index (χ0) is 21.5. The second-order valence-corrected chi connectivity index (χ2v) is 7.84. The second kappa shape index (κ2) is 10.2. The molecule has 0 heterocycles. The molecular weight excluding hydrogens is 383 g/mol. The molecule has 5 nitrogen and oxygen atoms in total. The fourth-order valence-electron chi connectivity index (χ4n) is 3.78.